The number of nitrogens with two attached hydrogens (primary N) is 1. The summed E-state index contributed by atoms with van der Waals surface area (Å²) in [5.74, 6) is 0. The van der Waals surface area contributed by atoms with E-state index in [1.807, 2.05) is 0 Å². The minimum Gasteiger partial charge on any atom is -0.328 e. The van der Waals surface area contributed by atoms with E-state index in [4.69, 9.17) is 5.73 Å². The lowest BCUT2D eigenvalue weighted by Gasteiger charge is -2.38. The van der Waals surface area contributed by atoms with Crippen molar-refractivity contribution in [3.63, 3.8) is 0 Å². The summed E-state index contributed by atoms with van der Waals surface area (Å²) in [6.07, 6.45) is 3.31. The van der Waals surface area contributed by atoms with Crippen molar-refractivity contribution in [1.82, 2.24) is 4.90 Å². The predicted molar refractivity (Wildman–Crippen MR) is 88.0 cm³/mol. The Morgan fingerprint density at radius 2 is 1.52 bits per heavy atom. The molecule has 110 valence electrons. The number of piperidine rings is 1. The van der Waals surface area contributed by atoms with Crippen LogP contribution in [0.4, 0.5) is 0 Å². The van der Waals surface area contributed by atoms with Gasteiger partial charge in [0, 0.05) is 25.2 Å². The predicted octanol–water partition coefficient (Wildman–Crippen LogP) is 3.22. The van der Waals surface area contributed by atoms with Gasteiger partial charge in [-0.15, -0.1) is 0 Å². The van der Waals surface area contributed by atoms with Gasteiger partial charge in [-0.25, -0.2) is 0 Å². The molecular formula is C19H24N2. The van der Waals surface area contributed by atoms with Crippen LogP contribution < -0.4 is 5.73 Å². The number of benzene rings is 2. The molecule has 0 radical (unpaired) electrons. The first-order chi connectivity index (χ1) is 10.3. The second-order valence-corrected chi connectivity index (χ2v) is 6.08. The molecule has 1 saturated heterocycles. The molecule has 2 aromatic rings. The van der Waals surface area contributed by atoms with Gasteiger partial charge in [0.15, 0.2) is 0 Å². The number of nitrogens with zero attached hydrogens (tertiary/aromatic N) is 1. The third kappa shape index (κ3) is 3.93. The maximum Gasteiger partial charge on any atom is 0.0236 e. The van der Waals surface area contributed by atoms with Gasteiger partial charge in [-0.1, -0.05) is 60.7 Å². The first-order valence-corrected chi connectivity index (χ1v) is 7.89. The molecule has 2 N–H and O–H groups in total. The van der Waals surface area contributed by atoms with E-state index in [1.54, 1.807) is 0 Å². The second-order valence-electron chi connectivity index (χ2n) is 6.08. The Bertz CT molecular complexity index is 538. The molecule has 2 nitrogen and oxygen atoms in total. The summed E-state index contributed by atoms with van der Waals surface area (Å²) in [5, 5.41) is 0. The minimum atomic E-state index is 0.353. The average Bonchev–Trinajstić information content (AvgIpc) is 2.52. The van der Waals surface area contributed by atoms with Crippen molar-refractivity contribution in [1.29, 1.82) is 0 Å². The molecule has 0 aliphatic carbocycles. The van der Waals surface area contributed by atoms with Crippen LogP contribution >= 0.6 is 0 Å². The number of rotatable bonds is 4. The van der Waals surface area contributed by atoms with Crippen LogP contribution in [0.5, 0.6) is 0 Å². The van der Waals surface area contributed by atoms with Crippen molar-refractivity contribution < 1.29 is 0 Å². The van der Waals surface area contributed by atoms with Gasteiger partial charge in [0.1, 0.15) is 0 Å². The highest BCUT2D eigenvalue weighted by Gasteiger charge is 2.26. The summed E-state index contributed by atoms with van der Waals surface area (Å²) >= 11 is 0. The fourth-order valence-corrected chi connectivity index (χ4v) is 3.26. The third-order valence-electron chi connectivity index (χ3n) is 4.42. The quantitative estimate of drug-likeness (QED) is 0.931. The van der Waals surface area contributed by atoms with Gasteiger partial charge in [0.05, 0.1) is 0 Å². The summed E-state index contributed by atoms with van der Waals surface area (Å²) in [4.78, 5) is 2.60. The molecule has 2 heteroatoms. The minimum absolute atomic E-state index is 0.353. The van der Waals surface area contributed by atoms with Crippen LogP contribution in [-0.4, -0.2) is 23.5 Å². The lowest BCUT2D eigenvalue weighted by Crippen LogP contribution is -2.47. The highest BCUT2D eigenvalue weighted by atomic mass is 15.2. The van der Waals surface area contributed by atoms with Gasteiger partial charge < -0.3 is 5.73 Å². The Hall–Kier alpha value is -1.64. The molecule has 2 aromatic carbocycles. The zero-order chi connectivity index (χ0) is 14.5. The van der Waals surface area contributed by atoms with Crippen molar-refractivity contribution in [2.24, 2.45) is 5.73 Å². The van der Waals surface area contributed by atoms with E-state index in [1.165, 1.54) is 11.1 Å². The van der Waals surface area contributed by atoms with Gasteiger partial charge in [-0.05, 0) is 30.4 Å². The number of hydrogen-bond donors (Lipinski definition) is 1. The molecular weight excluding hydrogens is 256 g/mol. The fraction of sp³-hybridized carbons (Fsp3) is 0.368. The monoisotopic (exact) mass is 280 g/mol. The highest BCUT2D eigenvalue weighted by Crippen LogP contribution is 2.22. The Morgan fingerprint density at radius 3 is 2.19 bits per heavy atom. The maximum atomic E-state index is 6.21. The van der Waals surface area contributed by atoms with E-state index in [0.717, 1.165) is 32.4 Å². The molecule has 0 bridgehead atoms. The average molecular weight is 280 g/mol. The van der Waals surface area contributed by atoms with Gasteiger partial charge in [0.2, 0.25) is 0 Å². The van der Waals surface area contributed by atoms with Crippen LogP contribution in [0.25, 0.3) is 0 Å². The van der Waals surface area contributed by atoms with E-state index >= 15 is 0 Å². The zero-order valence-corrected chi connectivity index (χ0v) is 12.5. The van der Waals surface area contributed by atoms with Crippen molar-refractivity contribution in [3.05, 3.63) is 71.8 Å². The summed E-state index contributed by atoms with van der Waals surface area (Å²) in [6.45, 7) is 2.14. The zero-order valence-electron chi connectivity index (χ0n) is 12.5. The molecule has 1 aliphatic heterocycles. The molecule has 3 rings (SSSR count). The topological polar surface area (TPSA) is 29.3 Å². The lowest BCUT2D eigenvalue weighted by atomic mass is 9.92. The first kappa shape index (κ1) is 14.3. The standard InChI is InChI=1S/C19H24N2/c20-18-11-12-21(15-17-9-5-2-6-10-17)19(14-18)13-16-7-3-1-4-8-16/h1-10,18-19H,11-15,20H2/t18?,19-/m1/s1. The van der Waals surface area contributed by atoms with E-state index < -0.39 is 0 Å². The lowest BCUT2D eigenvalue weighted by molar-refractivity contribution is 0.127. The van der Waals surface area contributed by atoms with E-state index in [9.17, 15) is 0 Å². The van der Waals surface area contributed by atoms with Gasteiger partial charge in [-0.2, -0.15) is 0 Å². The van der Waals surface area contributed by atoms with E-state index in [2.05, 4.69) is 65.6 Å². The third-order valence-corrected chi connectivity index (χ3v) is 4.42. The fourth-order valence-electron chi connectivity index (χ4n) is 3.26. The Kier molecular flexibility index (Phi) is 4.69. The van der Waals surface area contributed by atoms with Crippen LogP contribution in [0.2, 0.25) is 0 Å². The molecule has 2 atom stereocenters. The maximum absolute atomic E-state index is 6.21. The van der Waals surface area contributed by atoms with Gasteiger partial charge in [-0.3, -0.25) is 4.90 Å². The summed E-state index contributed by atoms with van der Waals surface area (Å²) < 4.78 is 0. The second kappa shape index (κ2) is 6.88. The molecule has 0 amide bonds. The van der Waals surface area contributed by atoms with Crippen molar-refractivity contribution in [3.8, 4) is 0 Å². The Balaban J connectivity index is 1.71. The molecule has 1 aliphatic rings. The summed E-state index contributed by atoms with van der Waals surface area (Å²) in [7, 11) is 0. The molecule has 1 heterocycles. The number of likely N-dealkylation sites (tertiary alicyclic amines) is 1. The molecule has 0 saturated carbocycles. The van der Waals surface area contributed by atoms with Crippen LogP contribution in [0, 0.1) is 0 Å². The van der Waals surface area contributed by atoms with Crippen LogP contribution in [-0.2, 0) is 13.0 Å². The smallest absolute Gasteiger partial charge is 0.0236 e. The normalized spacial score (nSPS) is 23.1. The SMILES string of the molecule is NC1CCN(Cc2ccccc2)[C@H](Cc2ccccc2)C1. The highest BCUT2D eigenvalue weighted by molar-refractivity contribution is 5.18. The van der Waals surface area contributed by atoms with Crippen molar-refractivity contribution in [2.75, 3.05) is 6.54 Å². The largest absolute Gasteiger partial charge is 0.328 e. The molecule has 0 aromatic heterocycles. The molecule has 0 spiro atoms. The Morgan fingerprint density at radius 1 is 0.905 bits per heavy atom. The molecule has 21 heavy (non-hydrogen) atoms. The van der Waals surface area contributed by atoms with Crippen LogP contribution in [0.1, 0.15) is 24.0 Å². The number of hydrogen-bond acceptors (Lipinski definition) is 2. The van der Waals surface area contributed by atoms with E-state index in [0.29, 0.717) is 12.1 Å². The van der Waals surface area contributed by atoms with Crippen molar-refractivity contribution in [2.45, 2.75) is 37.9 Å². The Labute approximate surface area is 127 Å². The molecule has 1 unspecified atom stereocenters. The van der Waals surface area contributed by atoms with Gasteiger partial charge in [0.25, 0.3) is 0 Å². The van der Waals surface area contributed by atoms with Crippen LogP contribution in [0.3, 0.4) is 0 Å². The first-order valence-electron chi connectivity index (χ1n) is 7.89. The van der Waals surface area contributed by atoms with Crippen LogP contribution in [0.15, 0.2) is 60.7 Å². The molecule has 1 fully saturated rings. The van der Waals surface area contributed by atoms with Crippen molar-refractivity contribution >= 4 is 0 Å². The van der Waals surface area contributed by atoms with E-state index in [-0.39, 0.29) is 0 Å². The summed E-state index contributed by atoms with van der Waals surface area (Å²) in [6, 6.07) is 22.4. The van der Waals surface area contributed by atoms with Gasteiger partial charge >= 0.3 is 0 Å². The summed E-state index contributed by atoms with van der Waals surface area (Å²) in [5.41, 5.74) is 9.01.